The lowest BCUT2D eigenvalue weighted by Crippen LogP contribution is -2.52. The summed E-state index contributed by atoms with van der Waals surface area (Å²) in [5.74, 6) is -0.0763. The molecule has 2 heterocycles. The van der Waals surface area contributed by atoms with Crippen LogP contribution >= 0.6 is 0 Å². The summed E-state index contributed by atoms with van der Waals surface area (Å²) < 4.78 is 13.0. The molecule has 2 aliphatic heterocycles. The summed E-state index contributed by atoms with van der Waals surface area (Å²) in [6.45, 7) is 7.70. The van der Waals surface area contributed by atoms with Crippen molar-refractivity contribution in [2.45, 2.75) is 32.2 Å². The van der Waals surface area contributed by atoms with Crippen molar-refractivity contribution in [1.82, 2.24) is 20.0 Å². The van der Waals surface area contributed by atoms with Crippen LogP contribution in [0.3, 0.4) is 0 Å². The number of hydrogen-bond acceptors (Lipinski definition) is 4. The molecule has 0 aromatic heterocycles. The summed E-state index contributed by atoms with van der Waals surface area (Å²) in [5.41, 5.74) is 0.885. The van der Waals surface area contributed by atoms with Crippen LogP contribution in [-0.4, -0.2) is 78.9 Å². The Kier molecular flexibility index (Phi) is 7.39. The van der Waals surface area contributed by atoms with Crippen molar-refractivity contribution >= 4 is 11.8 Å². The van der Waals surface area contributed by atoms with Crippen LogP contribution in [0.2, 0.25) is 0 Å². The lowest BCUT2D eigenvalue weighted by atomic mass is 10.1. The lowest BCUT2D eigenvalue weighted by Gasteiger charge is -2.35. The minimum atomic E-state index is -0.279. The van der Waals surface area contributed by atoms with E-state index in [-0.39, 0.29) is 23.7 Å². The number of benzene rings is 1. The summed E-state index contributed by atoms with van der Waals surface area (Å²) in [4.78, 5) is 31.0. The van der Waals surface area contributed by atoms with E-state index in [1.807, 2.05) is 11.8 Å². The second-order valence-electron chi connectivity index (χ2n) is 7.83. The molecule has 0 radical (unpaired) electrons. The molecule has 2 amide bonds. The third kappa shape index (κ3) is 6.01. The standard InChI is InChI=1S/C21H31FN4O2/c1-17(18-5-7-19(22)8-6-18)23-20(27)15-24-11-13-25(14-12-24)16-21(28)26-9-3-2-4-10-26/h5-8,17H,2-4,9-16H2,1H3,(H,23,27)/t17-/m1/s1. The summed E-state index contributed by atoms with van der Waals surface area (Å²) in [5, 5.41) is 2.97. The highest BCUT2D eigenvalue weighted by molar-refractivity contribution is 5.79. The van der Waals surface area contributed by atoms with Crippen LogP contribution in [0.4, 0.5) is 4.39 Å². The predicted molar refractivity (Wildman–Crippen MR) is 106 cm³/mol. The first-order valence-corrected chi connectivity index (χ1v) is 10.3. The molecule has 1 aromatic rings. The predicted octanol–water partition coefficient (Wildman–Crippen LogP) is 1.63. The lowest BCUT2D eigenvalue weighted by molar-refractivity contribution is -0.134. The van der Waals surface area contributed by atoms with Gasteiger partial charge in [-0.1, -0.05) is 12.1 Å². The smallest absolute Gasteiger partial charge is 0.236 e. The number of piperazine rings is 1. The minimum absolute atomic E-state index is 0.0327. The Balaban J connectivity index is 1.37. The van der Waals surface area contributed by atoms with Crippen molar-refractivity contribution in [3.8, 4) is 0 Å². The second kappa shape index (κ2) is 9.98. The van der Waals surface area contributed by atoms with Crippen LogP contribution in [0.5, 0.6) is 0 Å². The highest BCUT2D eigenvalue weighted by Crippen LogP contribution is 2.13. The van der Waals surface area contributed by atoms with E-state index < -0.39 is 0 Å². The van der Waals surface area contributed by atoms with Gasteiger partial charge in [-0.15, -0.1) is 0 Å². The number of carbonyl (C=O) groups is 2. The third-order valence-corrected chi connectivity index (χ3v) is 5.65. The molecular formula is C21H31FN4O2. The number of nitrogens with one attached hydrogen (secondary N) is 1. The molecule has 1 N–H and O–H groups in total. The van der Waals surface area contributed by atoms with E-state index in [9.17, 15) is 14.0 Å². The van der Waals surface area contributed by atoms with Gasteiger partial charge in [0.2, 0.25) is 11.8 Å². The first kappa shape index (κ1) is 20.7. The molecule has 0 bridgehead atoms. The monoisotopic (exact) mass is 390 g/mol. The molecule has 28 heavy (non-hydrogen) atoms. The first-order valence-electron chi connectivity index (χ1n) is 10.3. The maximum absolute atomic E-state index is 13.0. The second-order valence-corrected chi connectivity index (χ2v) is 7.83. The summed E-state index contributed by atoms with van der Waals surface area (Å²) in [6, 6.07) is 6.04. The van der Waals surface area contributed by atoms with E-state index in [1.165, 1.54) is 18.6 Å². The Hall–Kier alpha value is -1.99. The van der Waals surface area contributed by atoms with Crippen molar-refractivity contribution in [2.24, 2.45) is 0 Å². The highest BCUT2D eigenvalue weighted by Gasteiger charge is 2.24. The molecule has 2 aliphatic rings. The largest absolute Gasteiger partial charge is 0.348 e. The van der Waals surface area contributed by atoms with Gasteiger partial charge in [-0.05, 0) is 43.9 Å². The van der Waals surface area contributed by atoms with Gasteiger partial charge in [0.15, 0.2) is 0 Å². The molecule has 0 unspecified atom stereocenters. The van der Waals surface area contributed by atoms with Gasteiger partial charge in [0.25, 0.3) is 0 Å². The number of rotatable bonds is 6. The van der Waals surface area contributed by atoms with E-state index in [0.717, 1.165) is 57.7 Å². The highest BCUT2D eigenvalue weighted by atomic mass is 19.1. The topological polar surface area (TPSA) is 55.9 Å². The fourth-order valence-corrected chi connectivity index (χ4v) is 3.87. The summed E-state index contributed by atoms with van der Waals surface area (Å²) in [6.07, 6.45) is 3.46. The number of amides is 2. The zero-order valence-corrected chi connectivity index (χ0v) is 16.7. The molecule has 0 spiro atoms. The Morgan fingerprint density at radius 1 is 0.929 bits per heavy atom. The van der Waals surface area contributed by atoms with Gasteiger partial charge in [-0.25, -0.2) is 4.39 Å². The molecule has 2 saturated heterocycles. The molecule has 0 aliphatic carbocycles. The van der Waals surface area contributed by atoms with Gasteiger partial charge in [0, 0.05) is 39.3 Å². The average molecular weight is 391 g/mol. The van der Waals surface area contributed by atoms with Crippen LogP contribution < -0.4 is 5.32 Å². The van der Waals surface area contributed by atoms with Gasteiger partial charge in [0.05, 0.1) is 19.1 Å². The normalized spacial score (nSPS) is 20.0. The van der Waals surface area contributed by atoms with Gasteiger partial charge in [-0.2, -0.15) is 0 Å². The zero-order valence-electron chi connectivity index (χ0n) is 16.7. The van der Waals surface area contributed by atoms with Gasteiger partial charge >= 0.3 is 0 Å². The fourth-order valence-electron chi connectivity index (χ4n) is 3.87. The molecule has 0 saturated carbocycles. The SMILES string of the molecule is C[C@@H](NC(=O)CN1CCN(CC(=O)N2CCCCC2)CC1)c1ccc(F)cc1. The van der Waals surface area contributed by atoms with Crippen LogP contribution in [0.15, 0.2) is 24.3 Å². The van der Waals surface area contributed by atoms with Gasteiger partial charge < -0.3 is 10.2 Å². The van der Waals surface area contributed by atoms with Crippen LogP contribution in [0, 0.1) is 5.82 Å². The fraction of sp³-hybridized carbons (Fsp3) is 0.619. The summed E-state index contributed by atoms with van der Waals surface area (Å²) >= 11 is 0. The number of hydrogen-bond donors (Lipinski definition) is 1. The number of piperidine rings is 1. The minimum Gasteiger partial charge on any atom is -0.348 e. The molecule has 2 fully saturated rings. The van der Waals surface area contributed by atoms with E-state index in [0.29, 0.717) is 13.1 Å². The van der Waals surface area contributed by atoms with Gasteiger partial charge in [0.1, 0.15) is 5.82 Å². The number of nitrogens with zero attached hydrogens (tertiary/aromatic N) is 3. The Labute approximate surface area is 166 Å². The van der Waals surface area contributed by atoms with Crippen LogP contribution in [0.1, 0.15) is 37.8 Å². The quantitative estimate of drug-likeness (QED) is 0.802. The van der Waals surface area contributed by atoms with E-state index >= 15 is 0 Å². The third-order valence-electron chi connectivity index (χ3n) is 5.65. The van der Waals surface area contributed by atoms with Crippen LogP contribution in [0.25, 0.3) is 0 Å². The zero-order chi connectivity index (χ0) is 19.9. The van der Waals surface area contributed by atoms with Crippen molar-refractivity contribution in [2.75, 3.05) is 52.4 Å². The van der Waals surface area contributed by atoms with Crippen molar-refractivity contribution in [3.63, 3.8) is 0 Å². The Morgan fingerprint density at radius 3 is 2.11 bits per heavy atom. The number of carbonyl (C=O) groups excluding carboxylic acids is 2. The Bertz CT molecular complexity index is 653. The Morgan fingerprint density at radius 2 is 1.50 bits per heavy atom. The number of halogens is 1. The van der Waals surface area contributed by atoms with E-state index in [1.54, 1.807) is 12.1 Å². The van der Waals surface area contributed by atoms with Crippen molar-refractivity contribution < 1.29 is 14.0 Å². The molecule has 1 aromatic carbocycles. The molecule has 154 valence electrons. The number of likely N-dealkylation sites (tertiary alicyclic amines) is 1. The maximum atomic E-state index is 13.0. The van der Waals surface area contributed by atoms with Crippen molar-refractivity contribution in [1.29, 1.82) is 0 Å². The maximum Gasteiger partial charge on any atom is 0.236 e. The molecular weight excluding hydrogens is 359 g/mol. The molecule has 7 heteroatoms. The first-order chi connectivity index (χ1) is 13.5. The molecule has 3 rings (SSSR count). The van der Waals surface area contributed by atoms with E-state index in [4.69, 9.17) is 0 Å². The van der Waals surface area contributed by atoms with Crippen LogP contribution in [-0.2, 0) is 9.59 Å². The van der Waals surface area contributed by atoms with E-state index in [2.05, 4.69) is 15.1 Å². The molecule has 6 nitrogen and oxygen atoms in total. The average Bonchev–Trinajstić information content (AvgIpc) is 2.70. The molecule has 1 atom stereocenters. The summed E-state index contributed by atoms with van der Waals surface area (Å²) in [7, 11) is 0. The van der Waals surface area contributed by atoms with Crippen molar-refractivity contribution in [3.05, 3.63) is 35.6 Å². The van der Waals surface area contributed by atoms with Gasteiger partial charge in [-0.3, -0.25) is 19.4 Å².